The van der Waals surface area contributed by atoms with Crippen molar-refractivity contribution in [1.82, 2.24) is 0 Å². The molecule has 0 aromatic heterocycles. The molecule has 1 aliphatic rings. The van der Waals surface area contributed by atoms with Crippen LogP contribution in [0.15, 0.2) is 0 Å². The summed E-state index contributed by atoms with van der Waals surface area (Å²) < 4.78 is 59.6. The van der Waals surface area contributed by atoms with Crippen molar-refractivity contribution in [1.29, 1.82) is 0 Å². The lowest BCUT2D eigenvalue weighted by Crippen LogP contribution is -2.14. The van der Waals surface area contributed by atoms with Crippen molar-refractivity contribution in [3.05, 3.63) is 34.4 Å². The number of carbonyl (C=O) groups is 1. The molecule has 0 amide bonds. The second-order valence-electron chi connectivity index (χ2n) is 6.74. The van der Waals surface area contributed by atoms with Gasteiger partial charge in [-0.2, -0.15) is 0 Å². The molecule has 0 spiro atoms. The number of benzene rings is 1. The smallest absolute Gasteiger partial charge is 0.310 e. The summed E-state index contributed by atoms with van der Waals surface area (Å²) in [4.78, 5) is 12.0. The van der Waals surface area contributed by atoms with E-state index in [0.717, 1.165) is 0 Å². The maximum absolute atomic E-state index is 13.8. The minimum absolute atomic E-state index is 0.328. The van der Waals surface area contributed by atoms with Gasteiger partial charge in [-0.05, 0) is 10.8 Å². The number of hydrogen-bond acceptors (Lipinski definition) is 2. The molecule has 0 bridgehead atoms. The molecular weight excluding hydrogens is 312 g/mol. The SMILES string of the molecule is C#Cc1c(F)c(F)c(COC(=O)C2C(C)(C)C2(C)C)c(F)c1F. The van der Waals surface area contributed by atoms with Gasteiger partial charge in [-0.1, -0.05) is 33.6 Å². The molecule has 1 aliphatic carbocycles. The lowest BCUT2D eigenvalue weighted by molar-refractivity contribution is -0.148. The molecule has 6 heteroatoms. The Morgan fingerprint density at radius 1 is 1.04 bits per heavy atom. The van der Waals surface area contributed by atoms with Crippen molar-refractivity contribution in [3.63, 3.8) is 0 Å². The van der Waals surface area contributed by atoms with Crippen LogP contribution in [0.1, 0.15) is 38.8 Å². The second kappa shape index (κ2) is 5.26. The Balaban J connectivity index is 2.23. The number of carbonyl (C=O) groups excluding carboxylic acids is 1. The highest BCUT2D eigenvalue weighted by Crippen LogP contribution is 2.68. The van der Waals surface area contributed by atoms with Gasteiger partial charge in [0.15, 0.2) is 23.3 Å². The first-order chi connectivity index (χ1) is 10.5. The first-order valence-electron chi connectivity index (χ1n) is 6.96. The van der Waals surface area contributed by atoms with Crippen LogP contribution in [0.4, 0.5) is 17.6 Å². The van der Waals surface area contributed by atoms with E-state index in [1.807, 2.05) is 27.7 Å². The summed E-state index contributed by atoms with van der Waals surface area (Å²) in [7, 11) is 0. The molecule has 1 aromatic rings. The van der Waals surface area contributed by atoms with Crippen molar-refractivity contribution in [2.45, 2.75) is 34.3 Å². The molecule has 1 aromatic carbocycles. The summed E-state index contributed by atoms with van der Waals surface area (Å²) in [5.74, 6) is -6.23. The minimum atomic E-state index is -1.68. The summed E-state index contributed by atoms with van der Waals surface area (Å²) >= 11 is 0. The van der Waals surface area contributed by atoms with E-state index in [1.54, 1.807) is 5.92 Å². The highest BCUT2D eigenvalue weighted by Gasteiger charge is 2.69. The fraction of sp³-hybridized carbons (Fsp3) is 0.471. The highest BCUT2D eigenvalue weighted by atomic mass is 19.2. The molecule has 0 saturated heterocycles. The molecule has 1 saturated carbocycles. The van der Waals surface area contributed by atoms with E-state index in [0.29, 0.717) is 0 Å². The highest BCUT2D eigenvalue weighted by molar-refractivity contribution is 5.78. The minimum Gasteiger partial charge on any atom is -0.460 e. The van der Waals surface area contributed by atoms with E-state index >= 15 is 0 Å². The van der Waals surface area contributed by atoms with E-state index in [4.69, 9.17) is 11.2 Å². The zero-order chi connectivity index (χ0) is 17.7. The number of halogens is 4. The Labute approximate surface area is 131 Å². The molecule has 0 N–H and O–H groups in total. The first-order valence-corrected chi connectivity index (χ1v) is 6.96. The van der Waals surface area contributed by atoms with Crippen LogP contribution in [0.5, 0.6) is 0 Å². The van der Waals surface area contributed by atoms with Gasteiger partial charge in [0.25, 0.3) is 0 Å². The molecule has 0 aliphatic heterocycles. The molecule has 23 heavy (non-hydrogen) atoms. The van der Waals surface area contributed by atoms with Gasteiger partial charge >= 0.3 is 5.97 Å². The maximum atomic E-state index is 13.8. The summed E-state index contributed by atoms with van der Waals surface area (Å²) in [6.45, 7) is 6.54. The Bertz CT molecular complexity index is 686. The van der Waals surface area contributed by atoms with Crippen LogP contribution in [-0.2, 0) is 16.1 Å². The first kappa shape index (κ1) is 17.3. The Hall–Kier alpha value is -2.03. The second-order valence-corrected chi connectivity index (χ2v) is 6.74. The molecule has 2 rings (SSSR count). The Kier molecular flexibility index (Phi) is 3.96. The van der Waals surface area contributed by atoms with Crippen LogP contribution in [0, 0.1) is 52.4 Å². The Morgan fingerprint density at radius 3 is 1.83 bits per heavy atom. The maximum Gasteiger partial charge on any atom is 0.310 e. The summed E-state index contributed by atoms with van der Waals surface area (Å²) in [5, 5.41) is 0. The molecule has 0 unspecified atom stereocenters. The van der Waals surface area contributed by atoms with E-state index in [9.17, 15) is 22.4 Å². The van der Waals surface area contributed by atoms with E-state index in [1.165, 1.54) is 0 Å². The number of terminal acetylenes is 1. The third-order valence-electron chi connectivity index (χ3n) is 5.11. The quantitative estimate of drug-likeness (QED) is 0.363. The van der Waals surface area contributed by atoms with Gasteiger partial charge in [-0.15, -0.1) is 6.42 Å². The van der Waals surface area contributed by atoms with Gasteiger partial charge in [0.2, 0.25) is 0 Å². The lowest BCUT2D eigenvalue weighted by Gasteiger charge is -2.10. The van der Waals surface area contributed by atoms with Crippen LogP contribution in [0.3, 0.4) is 0 Å². The summed E-state index contributed by atoms with van der Waals surface area (Å²) in [6.07, 6.45) is 4.82. The van der Waals surface area contributed by atoms with E-state index in [-0.39, 0.29) is 10.8 Å². The fourth-order valence-electron chi connectivity index (χ4n) is 2.94. The molecule has 2 nitrogen and oxygen atoms in total. The average Bonchev–Trinajstić information content (AvgIpc) is 2.87. The van der Waals surface area contributed by atoms with Crippen molar-refractivity contribution >= 4 is 5.97 Å². The van der Waals surface area contributed by atoms with Crippen molar-refractivity contribution in [2.75, 3.05) is 0 Å². The molecular formula is C17H16F4O2. The Morgan fingerprint density at radius 2 is 1.48 bits per heavy atom. The zero-order valence-corrected chi connectivity index (χ0v) is 13.2. The van der Waals surface area contributed by atoms with Crippen molar-refractivity contribution in [2.24, 2.45) is 16.7 Å². The largest absolute Gasteiger partial charge is 0.460 e. The fourth-order valence-corrected chi connectivity index (χ4v) is 2.94. The van der Waals surface area contributed by atoms with Gasteiger partial charge in [-0.25, -0.2) is 17.6 Å². The number of esters is 1. The van der Waals surface area contributed by atoms with Gasteiger partial charge in [0.05, 0.1) is 11.5 Å². The molecule has 0 heterocycles. The van der Waals surface area contributed by atoms with Crippen LogP contribution in [-0.4, -0.2) is 5.97 Å². The van der Waals surface area contributed by atoms with Crippen LogP contribution < -0.4 is 0 Å². The van der Waals surface area contributed by atoms with Crippen LogP contribution in [0.2, 0.25) is 0 Å². The predicted molar refractivity (Wildman–Crippen MR) is 75.1 cm³/mol. The standard InChI is InChI=1S/C17H16F4O2/c1-6-8-10(18)12(20)9(13(21)11(8)19)7-23-15(22)14-16(2,3)17(14,4)5/h1,14H,7H2,2-5H3. The number of hydrogen-bond donors (Lipinski definition) is 0. The zero-order valence-electron chi connectivity index (χ0n) is 13.2. The predicted octanol–water partition coefficient (Wildman–Crippen LogP) is 3.95. The molecule has 0 radical (unpaired) electrons. The van der Waals surface area contributed by atoms with E-state index < -0.39 is 52.9 Å². The number of ether oxygens (including phenoxy) is 1. The van der Waals surface area contributed by atoms with Gasteiger partial charge in [0, 0.05) is 0 Å². The third kappa shape index (κ3) is 2.39. The van der Waals surface area contributed by atoms with Crippen molar-refractivity contribution in [3.8, 4) is 12.3 Å². The van der Waals surface area contributed by atoms with Gasteiger partial charge < -0.3 is 4.74 Å². The van der Waals surface area contributed by atoms with Crippen LogP contribution >= 0.6 is 0 Å². The molecule has 0 atom stereocenters. The monoisotopic (exact) mass is 328 g/mol. The van der Waals surface area contributed by atoms with Crippen molar-refractivity contribution < 1.29 is 27.1 Å². The van der Waals surface area contributed by atoms with Gasteiger partial charge in [0.1, 0.15) is 12.2 Å². The average molecular weight is 328 g/mol. The van der Waals surface area contributed by atoms with E-state index in [2.05, 4.69) is 0 Å². The third-order valence-corrected chi connectivity index (χ3v) is 5.11. The molecule has 124 valence electrons. The van der Waals surface area contributed by atoms with Gasteiger partial charge in [-0.3, -0.25) is 4.79 Å². The summed E-state index contributed by atoms with van der Waals surface area (Å²) in [5.41, 5.74) is -2.78. The number of rotatable bonds is 3. The normalized spacial score (nSPS) is 18.4. The van der Waals surface area contributed by atoms with Crippen LogP contribution in [0.25, 0.3) is 0 Å². The topological polar surface area (TPSA) is 26.3 Å². The molecule has 1 fully saturated rings. The summed E-state index contributed by atoms with van der Waals surface area (Å²) in [6, 6.07) is 0. The lowest BCUT2D eigenvalue weighted by atomic mass is 10.0.